The van der Waals surface area contributed by atoms with Crippen LogP contribution in [0.25, 0.3) is 11.1 Å². The largest absolute Gasteiger partial charge is 0.386 e. The van der Waals surface area contributed by atoms with Crippen LogP contribution in [0, 0.1) is 0 Å². The molecule has 3 aromatic rings. The summed E-state index contributed by atoms with van der Waals surface area (Å²) in [4.78, 5) is 11.3. The van der Waals surface area contributed by atoms with Crippen molar-refractivity contribution in [3.8, 4) is 11.1 Å². The van der Waals surface area contributed by atoms with Crippen molar-refractivity contribution in [2.75, 3.05) is 6.54 Å². The van der Waals surface area contributed by atoms with Crippen LogP contribution in [0.3, 0.4) is 0 Å². The Hall–Kier alpha value is -2.47. The fourth-order valence-electron chi connectivity index (χ4n) is 2.93. The maximum Gasteiger partial charge on any atom is 0.127 e. The molecule has 0 bridgehead atoms. The number of hydrogen-bond donors (Lipinski definition) is 2. The van der Waals surface area contributed by atoms with Crippen LogP contribution >= 0.6 is 11.3 Å². The predicted molar refractivity (Wildman–Crippen MR) is 105 cm³/mol. The van der Waals surface area contributed by atoms with E-state index in [0.717, 1.165) is 11.4 Å². The molecule has 0 aliphatic carbocycles. The monoisotopic (exact) mass is 364 g/mol. The van der Waals surface area contributed by atoms with Crippen LogP contribution in [0.1, 0.15) is 29.1 Å². The summed E-state index contributed by atoms with van der Waals surface area (Å²) in [5.41, 5.74) is 6.20. The van der Waals surface area contributed by atoms with Gasteiger partial charge in [0.2, 0.25) is 0 Å². The number of aliphatic imine (C=N–C) groups is 1. The van der Waals surface area contributed by atoms with Gasteiger partial charge in [-0.15, -0.1) is 11.3 Å². The van der Waals surface area contributed by atoms with Gasteiger partial charge in [-0.3, -0.25) is 15.3 Å². The standard InChI is InChI=1S/C21H20N2O2S/c24-18(16-9-5-2-6-10-16)13-22-21-12-19(25-23-21)20-11-17(14-26-20)15-7-3-1-4-8-15/h1-11,14,18-19,24H,12-13H2,(H,22,23). The van der Waals surface area contributed by atoms with Crippen LogP contribution < -0.4 is 5.48 Å². The molecule has 132 valence electrons. The van der Waals surface area contributed by atoms with Gasteiger partial charge >= 0.3 is 0 Å². The van der Waals surface area contributed by atoms with Crippen molar-refractivity contribution in [2.45, 2.75) is 18.6 Å². The van der Waals surface area contributed by atoms with Gasteiger partial charge in [-0.1, -0.05) is 60.7 Å². The number of aliphatic hydroxyl groups is 1. The minimum Gasteiger partial charge on any atom is -0.386 e. The average molecular weight is 364 g/mol. The first kappa shape index (κ1) is 17.0. The summed E-state index contributed by atoms with van der Waals surface area (Å²) < 4.78 is 0. The molecule has 5 heteroatoms. The molecule has 0 spiro atoms. The highest BCUT2D eigenvalue weighted by Crippen LogP contribution is 2.34. The van der Waals surface area contributed by atoms with Gasteiger partial charge in [-0.25, -0.2) is 0 Å². The normalized spacial score (nSPS) is 19.4. The molecule has 2 atom stereocenters. The van der Waals surface area contributed by atoms with Crippen LogP contribution in [0.4, 0.5) is 0 Å². The molecule has 1 aromatic heterocycles. The van der Waals surface area contributed by atoms with E-state index in [0.29, 0.717) is 13.0 Å². The summed E-state index contributed by atoms with van der Waals surface area (Å²) in [7, 11) is 0. The van der Waals surface area contributed by atoms with Gasteiger partial charge in [0.15, 0.2) is 0 Å². The summed E-state index contributed by atoms with van der Waals surface area (Å²) in [5, 5.41) is 12.4. The van der Waals surface area contributed by atoms with E-state index in [1.807, 2.05) is 48.5 Å². The number of rotatable bonds is 5. The molecular weight excluding hydrogens is 344 g/mol. The highest BCUT2D eigenvalue weighted by molar-refractivity contribution is 7.10. The third kappa shape index (κ3) is 3.85. The van der Waals surface area contributed by atoms with E-state index in [2.05, 4.69) is 34.1 Å². The van der Waals surface area contributed by atoms with Crippen molar-refractivity contribution >= 4 is 17.2 Å². The zero-order valence-corrected chi connectivity index (χ0v) is 15.0. The first-order valence-corrected chi connectivity index (χ1v) is 9.49. The number of nitrogens with zero attached hydrogens (tertiary/aromatic N) is 1. The van der Waals surface area contributed by atoms with Gasteiger partial charge in [0.1, 0.15) is 11.9 Å². The van der Waals surface area contributed by atoms with Gasteiger partial charge in [0.25, 0.3) is 0 Å². The summed E-state index contributed by atoms with van der Waals surface area (Å²) in [6, 6.07) is 22.1. The molecule has 4 nitrogen and oxygen atoms in total. The van der Waals surface area contributed by atoms with Gasteiger partial charge < -0.3 is 5.11 Å². The summed E-state index contributed by atoms with van der Waals surface area (Å²) in [6.07, 6.45) is 0.0528. The van der Waals surface area contributed by atoms with Crippen LogP contribution in [-0.2, 0) is 4.84 Å². The Kier molecular flexibility index (Phi) is 5.11. The molecule has 0 amide bonds. The molecular formula is C21H20N2O2S. The van der Waals surface area contributed by atoms with Gasteiger partial charge in [-0.05, 0) is 28.1 Å². The Labute approximate surface area is 156 Å². The highest BCUT2D eigenvalue weighted by Gasteiger charge is 2.25. The van der Waals surface area contributed by atoms with Crippen LogP contribution in [0.15, 0.2) is 77.1 Å². The van der Waals surface area contributed by atoms with Crippen molar-refractivity contribution in [1.29, 1.82) is 0 Å². The summed E-state index contributed by atoms with van der Waals surface area (Å²) >= 11 is 1.70. The molecule has 4 rings (SSSR count). The number of amidine groups is 1. The second-order valence-electron chi connectivity index (χ2n) is 6.23. The van der Waals surface area contributed by atoms with Crippen LogP contribution in [0.2, 0.25) is 0 Å². The summed E-state index contributed by atoms with van der Waals surface area (Å²) in [5.74, 6) is 0.777. The molecule has 26 heavy (non-hydrogen) atoms. The Morgan fingerprint density at radius 1 is 1.08 bits per heavy atom. The number of nitrogens with one attached hydrogen (secondary N) is 1. The molecule has 2 N–H and O–H groups in total. The van der Waals surface area contributed by atoms with Crippen molar-refractivity contribution in [3.05, 3.63) is 82.6 Å². The molecule has 2 heterocycles. The zero-order valence-electron chi connectivity index (χ0n) is 14.2. The predicted octanol–water partition coefficient (Wildman–Crippen LogP) is 4.51. The van der Waals surface area contributed by atoms with E-state index in [1.165, 1.54) is 16.0 Å². The molecule has 0 radical (unpaired) electrons. The van der Waals surface area contributed by atoms with Crippen molar-refractivity contribution < 1.29 is 9.94 Å². The van der Waals surface area contributed by atoms with E-state index in [9.17, 15) is 5.11 Å². The number of benzene rings is 2. The van der Waals surface area contributed by atoms with Gasteiger partial charge in [0.05, 0.1) is 12.6 Å². The SMILES string of the molecule is OC(CN=C1CC(c2cc(-c3ccccc3)cs2)ON1)c1ccccc1. The van der Waals surface area contributed by atoms with Crippen LogP contribution in [0.5, 0.6) is 0 Å². The highest BCUT2D eigenvalue weighted by atomic mass is 32.1. The molecule has 1 aliphatic heterocycles. The van der Waals surface area contributed by atoms with E-state index < -0.39 is 6.10 Å². The third-order valence-corrected chi connectivity index (χ3v) is 5.41. The summed E-state index contributed by atoms with van der Waals surface area (Å²) in [6.45, 7) is 0.322. The molecule has 1 fully saturated rings. The molecule has 0 saturated carbocycles. The molecule has 2 aromatic carbocycles. The second kappa shape index (κ2) is 7.83. The minimum atomic E-state index is -0.601. The Balaban J connectivity index is 1.39. The first-order valence-electron chi connectivity index (χ1n) is 8.61. The lowest BCUT2D eigenvalue weighted by Gasteiger charge is -2.07. The number of aliphatic hydroxyl groups excluding tert-OH is 1. The van der Waals surface area contributed by atoms with E-state index in [-0.39, 0.29) is 6.10 Å². The molecule has 2 unspecified atom stereocenters. The maximum atomic E-state index is 10.2. The quantitative estimate of drug-likeness (QED) is 0.700. The topological polar surface area (TPSA) is 53.9 Å². The lowest BCUT2D eigenvalue weighted by molar-refractivity contribution is 0.0470. The first-order chi connectivity index (χ1) is 12.8. The lowest BCUT2D eigenvalue weighted by atomic mass is 10.1. The second-order valence-corrected chi connectivity index (χ2v) is 7.17. The molecule has 1 aliphatic rings. The number of hydroxylamine groups is 1. The van der Waals surface area contributed by atoms with Gasteiger partial charge in [0, 0.05) is 11.3 Å². The Morgan fingerprint density at radius 2 is 1.81 bits per heavy atom. The smallest absolute Gasteiger partial charge is 0.127 e. The van der Waals surface area contributed by atoms with E-state index in [1.54, 1.807) is 11.3 Å². The Morgan fingerprint density at radius 3 is 2.58 bits per heavy atom. The average Bonchev–Trinajstić information content (AvgIpc) is 3.37. The van der Waals surface area contributed by atoms with E-state index >= 15 is 0 Å². The minimum absolute atomic E-state index is 0.0370. The lowest BCUT2D eigenvalue weighted by Crippen LogP contribution is -2.14. The van der Waals surface area contributed by atoms with Crippen molar-refractivity contribution in [1.82, 2.24) is 5.48 Å². The number of thiophene rings is 1. The molecule has 1 saturated heterocycles. The number of hydrogen-bond acceptors (Lipinski definition) is 4. The Bertz CT molecular complexity index is 877. The van der Waals surface area contributed by atoms with Crippen molar-refractivity contribution in [2.24, 2.45) is 4.99 Å². The fourth-order valence-corrected chi connectivity index (χ4v) is 3.88. The third-order valence-electron chi connectivity index (χ3n) is 4.38. The van der Waals surface area contributed by atoms with Gasteiger partial charge in [-0.2, -0.15) is 0 Å². The van der Waals surface area contributed by atoms with E-state index in [4.69, 9.17) is 4.84 Å². The zero-order chi connectivity index (χ0) is 17.8. The fraction of sp³-hybridized carbons (Fsp3) is 0.190. The van der Waals surface area contributed by atoms with Crippen LogP contribution in [-0.4, -0.2) is 17.5 Å². The van der Waals surface area contributed by atoms with Crippen molar-refractivity contribution in [3.63, 3.8) is 0 Å². The maximum absolute atomic E-state index is 10.2.